The first kappa shape index (κ1) is 17.0. The summed E-state index contributed by atoms with van der Waals surface area (Å²) in [6, 6.07) is 9.31. The lowest BCUT2D eigenvalue weighted by atomic mass is 10.00. The summed E-state index contributed by atoms with van der Waals surface area (Å²) in [5.41, 5.74) is 1.10. The van der Waals surface area contributed by atoms with Crippen LogP contribution >= 0.6 is 0 Å². The Morgan fingerprint density at radius 1 is 1.33 bits per heavy atom. The van der Waals surface area contributed by atoms with Crippen LogP contribution in [-0.4, -0.2) is 11.7 Å². The van der Waals surface area contributed by atoms with Crippen LogP contribution in [0.5, 0.6) is 0 Å². The molecule has 21 heavy (non-hydrogen) atoms. The summed E-state index contributed by atoms with van der Waals surface area (Å²) in [6.07, 6.45) is 2.51. The molecule has 1 amide bonds. The van der Waals surface area contributed by atoms with E-state index in [1.807, 2.05) is 32.9 Å². The van der Waals surface area contributed by atoms with Gasteiger partial charge in [0.25, 0.3) is 0 Å². The number of ether oxygens (including phenoxy) is 1. The van der Waals surface area contributed by atoms with Crippen molar-refractivity contribution in [3.63, 3.8) is 0 Å². The largest absolute Gasteiger partial charge is 0.444 e. The third-order valence-corrected chi connectivity index (χ3v) is 2.98. The Labute approximate surface area is 127 Å². The van der Waals surface area contributed by atoms with Gasteiger partial charge in [0.05, 0.1) is 17.7 Å². The average Bonchev–Trinajstić information content (AvgIpc) is 2.41. The second-order valence-electron chi connectivity index (χ2n) is 6.07. The third kappa shape index (κ3) is 6.31. The number of hydrogen-bond acceptors (Lipinski definition) is 3. The summed E-state index contributed by atoms with van der Waals surface area (Å²) in [5, 5.41) is 11.8. The Bertz CT molecular complexity index is 495. The highest BCUT2D eigenvalue weighted by molar-refractivity contribution is 5.68. The molecule has 1 aromatic carbocycles. The van der Waals surface area contributed by atoms with E-state index in [0.717, 1.165) is 24.8 Å². The minimum atomic E-state index is -0.510. The van der Waals surface area contributed by atoms with Crippen LogP contribution in [0.3, 0.4) is 0 Å². The van der Waals surface area contributed by atoms with E-state index in [0.29, 0.717) is 5.56 Å². The van der Waals surface area contributed by atoms with Crippen LogP contribution in [0.15, 0.2) is 24.3 Å². The van der Waals surface area contributed by atoms with Crippen LogP contribution < -0.4 is 5.32 Å². The number of unbranched alkanes of at least 4 members (excludes halogenated alkanes) is 1. The van der Waals surface area contributed by atoms with Crippen molar-refractivity contribution >= 4 is 6.09 Å². The molecule has 0 aliphatic heterocycles. The second-order valence-corrected chi connectivity index (χ2v) is 6.07. The first-order valence-electron chi connectivity index (χ1n) is 7.35. The molecule has 1 aromatic rings. The Morgan fingerprint density at radius 2 is 1.95 bits per heavy atom. The Morgan fingerprint density at radius 3 is 2.43 bits per heavy atom. The SMILES string of the molecule is CCCC[C@H](NC(=O)OC(C)(C)C)c1ccc(C#N)cc1. The lowest BCUT2D eigenvalue weighted by Gasteiger charge is -2.24. The van der Waals surface area contributed by atoms with Gasteiger partial charge in [-0.2, -0.15) is 5.26 Å². The van der Waals surface area contributed by atoms with Gasteiger partial charge >= 0.3 is 6.09 Å². The molecule has 0 saturated heterocycles. The maximum Gasteiger partial charge on any atom is 0.408 e. The van der Waals surface area contributed by atoms with Gasteiger partial charge in [-0.25, -0.2) is 4.79 Å². The van der Waals surface area contributed by atoms with Gasteiger partial charge in [0.15, 0.2) is 0 Å². The molecule has 1 atom stereocenters. The van der Waals surface area contributed by atoms with Gasteiger partial charge in [-0.1, -0.05) is 31.9 Å². The maximum atomic E-state index is 11.9. The van der Waals surface area contributed by atoms with Crippen molar-refractivity contribution in [2.75, 3.05) is 0 Å². The van der Waals surface area contributed by atoms with Gasteiger partial charge in [0.2, 0.25) is 0 Å². The van der Waals surface area contributed by atoms with E-state index >= 15 is 0 Å². The van der Waals surface area contributed by atoms with E-state index < -0.39 is 11.7 Å². The van der Waals surface area contributed by atoms with Gasteiger partial charge in [0, 0.05) is 0 Å². The van der Waals surface area contributed by atoms with Gasteiger partial charge < -0.3 is 10.1 Å². The highest BCUT2D eigenvalue weighted by Crippen LogP contribution is 2.21. The van der Waals surface area contributed by atoms with Crippen molar-refractivity contribution in [3.05, 3.63) is 35.4 Å². The summed E-state index contributed by atoms with van der Waals surface area (Å²) < 4.78 is 5.31. The number of benzene rings is 1. The summed E-state index contributed by atoms with van der Waals surface area (Å²) in [5.74, 6) is 0. The quantitative estimate of drug-likeness (QED) is 0.878. The van der Waals surface area contributed by atoms with Gasteiger partial charge in [-0.3, -0.25) is 0 Å². The van der Waals surface area contributed by atoms with Gasteiger partial charge in [0.1, 0.15) is 5.60 Å². The van der Waals surface area contributed by atoms with Crippen molar-refractivity contribution in [2.24, 2.45) is 0 Å². The number of carbonyl (C=O) groups excluding carboxylic acids is 1. The van der Waals surface area contributed by atoms with Gasteiger partial charge in [-0.05, 0) is 44.9 Å². The number of hydrogen-bond donors (Lipinski definition) is 1. The molecule has 0 radical (unpaired) electrons. The molecule has 4 heteroatoms. The van der Waals surface area contributed by atoms with Crippen LogP contribution in [0.2, 0.25) is 0 Å². The molecule has 0 saturated carbocycles. The molecule has 0 aliphatic carbocycles. The fourth-order valence-electron chi connectivity index (χ4n) is 1.97. The molecule has 114 valence electrons. The predicted molar refractivity (Wildman–Crippen MR) is 82.8 cm³/mol. The normalized spacial score (nSPS) is 12.3. The molecule has 0 unspecified atom stereocenters. The Kier molecular flexibility index (Phi) is 6.23. The van der Waals surface area contributed by atoms with E-state index in [-0.39, 0.29) is 6.04 Å². The standard InChI is InChI=1S/C17H24N2O2/c1-5-6-7-15(19-16(20)21-17(2,3)4)14-10-8-13(12-18)9-11-14/h8-11,15H,5-7H2,1-4H3,(H,19,20)/t15-/m0/s1. The zero-order chi connectivity index (χ0) is 15.9. The number of alkyl carbamates (subject to hydrolysis) is 1. The molecular weight excluding hydrogens is 264 g/mol. The predicted octanol–water partition coefficient (Wildman–Crippen LogP) is 4.31. The first-order chi connectivity index (χ1) is 9.85. The first-order valence-corrected chi connectivity index (χ1v) is 7.35. The molecule has 1 N–H and O–H groups in total. The molecule has 0 fully saturated rings. The summed E-state index contributed by atoms with van der Waals surface area (Å²) in [6.45, 7) is 7.64. The maximum absolute atomic E-state index is 11.9. The number of nitriles is 1. The van der Waals surface area contributed by atoms with Crippen LogP contribution in [-0.2, 0) is 4.74 Å². The molecule has 0 aliphatic rings. The number of amides is 1. The Balaban J connectivity index is 2.79. The van der Waals surface area contributed by atoms with Crippen molar-refractivity contribution < 1.29 is 9.53 Å². The summed E-state index contributed by atoms with van der Waals surface area (Å²) in [7, 11) is 0. The highest BCUT2D eigenvalue weighted by atomic mass is 16.6. The minimum absolute atomic E-state index is 0.0902. The summed E-state index contributed by atoms with van der Waals surface area (Å²) in [4.78, 5) is 11.9. The van der Waals surface area contributed by atoms with Crippen molar-refractivity contribution in [1.82, 2.24) is 5.32 Å². The van der Waals surface area contributed by atoms with Crippen molar-refractivity contribution in [1.29, 1.82) is 5.26 Å². The topological polar surface area (TPSA) is 62.1 Å². The Hall–Kier alpha value is -2.02. The second kappa shape index (κ2) is 7.68. The number of nitrogens with one attached hydrogen (secondary N) is 1. The van der Waals surface area contributed by atoms with Crippen molar-refractivity contribution in [2.45, 2.75) is 58.6 Å². The molecule has 1 rings (SSSR count). The van der Waals surface area contributed by atoms with E-state index in [2.05, 4.69) is 18.3 Å². The highest BCUT2D eigenvalue weighted by Gasteiger charge is 2.20. The number of rotatable bonds is 5. The van der Waals surface area contributed by atoms with Crippen LogP contribution in [0, 0.1) is 11.3 Å². The monoisotopic (exact) mass is 288 g/mol. The molecule has 0 heterocycles. The molecule has 0 spiro atoms. The molecule has 0 aromatic heterocycles. The van der Waals surface area contributed by atoms with Gasteiger partial charge in [-0.15, -0.1) is 0 Å². The molecular formula is C17H24N2O2. The van der Waals surface area contributed by atoms with Crippen LogP contribution in [0.25, 0.3) is 0 Å². The minimum Gasteiger partial charge on any atom is -0.444 e. The lowest BCUT2D eigenvalue weighted by Crippen LogP contribution is -2.35. The molecule has 4 nitrogen and oxygen atoms in total. The van der Waals surface area contributed by atoms with Crippen LogP contribution in [0.4, 0.5) is 4.79 Å². The van der Waals surface area contributed by atoms with E-state index in [1.54, 1.807) is 12.1 Å². The molecule has 0 bridgehead atoms. The lowest BCUT2D eigenvalue weighted by molar-refractivity contribution is 0.0500. The fraction of sp³-hybridized carbons (Fsp3) is 0.529. The van der Waals surface area contributed by atoms with Crippen molar-refractivity contribution in [3.8, 4) is 6.07 Å². The average molecular weight is 288 g/mol. The smallest absolute Gasteiger partial charge is 0.408 e. The van der Waals surface area contributed by atoms with E-state index in [9.17, 15) is 4.79 Å². The third-order valence-electron chi connectivity index (χ3n) is 2.98. The zero-order valence-corrected chi connectivity index (χ0v) is 13.3. The van der Waals surface area contributed by atoms with E-state index in [4.69, 9.17) is 10.00 Å². The van der Waals surface area contributed by atoms with Crippen LogP contribution in [0.1, 0.15) is 64.1 Å². The summed E-state index contributed by atoms with van der Waals surface area (Å²) >= 11 is 0. The van der Waals surface area contributed by atoms with E-state index in [1.165, 1.54) is 0 Å². The number of carbonyl (C=O) groups is 1. The number of nitrogens with zero attached hydrogens (tertiary/aromatic N) is 1. The zero-order valence-electron chi connectivity index (χ0n) is 13.3. The fourth-order valence-corrected chi connectivity index (χ4v) is 1.97.